The second-order valence-corrected chi connectivity index (χ2v) is 6.50. The molecule has 1 N–H and O–H groups in total. The number of hydrogen-bond acceptors (Lipinski definition) is 3. The number of nitrogens with zero attached hydrogens (tertiary/aromatic N) is 3. The number of nitrogens with one attached hydrogen (secondary N) is 1. The number of hydrogen-bond donors (Lipinski definition) is 1. The number of benzene rings is 1. The van der Waals surface area contributed by atoms with Gasteiger partial charge >= 0.3 is 6.18 Å². The van der Waals surface area contributed by atoms with Gasteiger partial charge in [-0.2, -0.15) is 18.3 Å². The van der Waals surface area contributed by atoms with Crippen molar-refractivity contribution in [2.24, 2.45) is 0 Å². The number of anilines is 1. The van der Waals surface area contributed by atoms with Crippen LogP contribution in [-0.2, 0) is 6.18 Å². The molecule has 4 rings (SSSR count). The van der Waals surface area contributed by atoms with Gasteiger partial charge in [-0.1, -0.05) is 0 Å². The molecule has 0 saturated heterocycles. The van der Waals surface area contributed by atoms with Gasteiger partial charge in [-0.15, -0.1) is 12.4 Å². The molecule has 1 aromatic carbocycles. The van der Waals surface area contributed by atoms with E-state index in [1.807, 2.05) is 0 Å². The van der Waals surface area contributed by atoms with Gasteiger partial charge in [0.25, 0.3) is 5.91 Å². The van der Waals surface area contributed by atoms with E-state index in [0.29, 0.717) is 11.3 Å². The quantitative estimate of drug-likeness (QED) is 0.599. The summed E-state index contributed by atoms with van der Waals surface area (Å²) in [4.78, 5) is 16.0. The Hall–Kier alpha value is -2.94. The van der Waals surface area contributed by atoms with E-state index >= 15 is 0 Å². The number of halogens is 5. The van der Waals surface area contributed by atoms with Gasteiger partial charge in [0.15, 0.2) is 11.5 Å². The van der Waals surface area contributed by atoms with Gasteiger partial charge < -0.3 is 5.32 Å². The van der Waals surface area contributed by atoms with Crippen LogP contribution < -0.4 is 5.32 Å². The predicted molar refractivity (Wildman–Crippen MR) is 99.9 cm³/mol. The lowest BCUT2D eigenvalue weighted by Gasteiger charge is -2.10. The number of amides is 1. The average molecular weight is 427 g/mol. The number of aromatic nitrogens is 3. The van der Waals surface area contributed by atoms with Crippen LogP contribution in [0.2, 0.25) is 0 Å². The molecule has 1 aliphatic rings. The maximum absolute atomic E-state index is 14.7. The summed E-state index contributed by atoms with van der Waals surface area (Å²) in [5.74, 6) is -1.33. The number of carbonyl (C=O) groups excluding carboxylic acids is 1. The van der Waals surface area contributed by atoms with E-state index in [9.17, 15) is 22.4 Å². The average Bonchev–Trinajstić information content (AvgIpc) is 3.40. The van der Waals surface area contributed by atoms with Gasteiger partial charge in [-0.25, -0.2) is 9.07 Å². The second-order valence-electron chi connectivity index (χ2n) is 6.50. The highest BCUT2D eigenvalue weighted by molar-refractivity contribution is 6.04. The SMILES string of the molecule is Cl.O=C(Nc1ccc(-n2nc(C(F)(F)F)cc2C2CC2)c(F)c1)c1cccnc1. The largest absolute Gasteiger partial charge is 0.435 e. The van der Waals surface area contributed by atoms with E-state index in [-0.39, 0.29) is 29.7 Å². The number of carbonyl (C=O) groups is 1. The van der Waals surface area contributed by atoms with Crippen LogP contribution in [0.5, 0.6) is 0 Å². The van der Waals surface area contributed by atoms with Crippen molar-refractivity contribution in [1.29, 1.82) is 0 Å². The molecule has 0 radical (unpaired) electrons. The standard InChI is InChI=1S/C19H14F4N4O.ClH/c20-14-8-13(25-18(28)12-2-1-7-24-10-12)5-6-15(14)27-16(11-3-4-11)9-17(26-27)19(21,22)23;/h1-2,5-11H,3-4H2,(H,25,28);1H. The third-order valence-corrected chi connectivity index (χ3v) is 4.38. The monoisotopic (exact) mass is 426 g/mol. The Kier molecular flexibility index (Phi) is 5.61. The fraction of sp³-hybridized carbons (Fsp3) is 0.211. The van der Waals surface area contributed by atoms with E-state index in [4.69, 9.17) is 0 Å². The lowest BCUT2D eigenvalue weighted by atomic mass is 10.2. The van der Waals surface area contributed by atoms with Gasteiger partial charge in [-0.05, 0) is 49.2 Å². The van der Waals surface area contributed by atoms with Gasteiger partial charge in [0.05, 0.1) is 5.56 Å². The first-order chi connectivity index (χ1) is 13.3. The van der Waals surface area contributed by atoms with E-state index in [0.717, 1.165) is 29.7 Å². The van der Waals surface area contributed by atoms with Crippen molar-refractivity contribution < 1.29 is 22.4 Å². The van der Waals surface area contributed by atoms with Crippen LogP contribution in [0, 0.1) is 5.82 Å². The Bertz CT molecular complexity index is 1030. The van der Waals surface area contributed by atoms with Gasteiger partial charge in [0.2, 0.25) is 0 Å². The molecule has 2 aromatic heterocycles. The Labute approximate surface area is 169 Å². The van der Waals surface area contributed by atoms with Crippen LogP contribution in [0.3, 0.4) is 0 Å². The Balaban J connectivity index is 0.00000240. The molecule has 0 atom stereocenters. The van der Waals surface area contributed by atoms with Crippen LogP contribution in [0.4, 0.5) is 23.2 Å². The van der Waals surface area contributed by atoms with E-state index in [1.165, 1.54) is 24.5 Å². The molecular formula is C19H15ClF4N4O. The highest BCUT2D eigenvalue weighted by Crippen LogP contribution is 2.43. The number of rotatable bonds is 4. The smallest absolute Gasteiger partial charge is 0.322 e. The molecule has 1 amide bonds. The normalized spacial score (nSPS) is 13.7. The molecule has 0 aliphatic heterocycles. The maximum Gasteiger partial charge on any atom is 0.435 e. The highest BCUT2D eigenvalue weighted by atomic mass is 35.5. The summed E-state index contributed by atoms with van der Waals surface area (Å²) in [6.45, 7) is 0. The molecule has 1 fully saturated rings. The van der Waals surface area contributed by atoms with E-state index in [2.05, 4.69) is 15.4 Å². The first-order valence-electron chi connectivity index (χ1n) is 8.51. The maximum atomic E-state index is 14.7. The zero-order chi connectivity index (χ0) is 19.9. The molecular weight excluding hydrogens is 412 g/mol. The minimum absolute atomic E-state index is 0. The number of pyridine rings is 1. The van der Waals surface area contributed by atoms with Crippen molar-refractivity contribution >= 4 is 24.0 Å². The molecule has 1 aliphatic carbocycles. The van der Waals surface area contributed by atoms with Crippen LogP contribution in [0.25, 0.3) is 5.69 Å². The number of alkyl halides is 3. The summed E-state index contributed by atoms with van der Waals surface area (Å²) in [5, 5.41) is 6.10. The lowest BCUT2D eigenvalue weighted by Crippen LogP contribution is -2.13. The molecule has 152 valence electrons. The third kappa shape index (κ3) is 4.40. The lowest BCUT2D eigenvalue weighted by molar-refractivity contribution is -0.141. The molecule has 10 heteroatoms. The Morgan fingerprint density at radius 2 is 1.93 bits per heavy atom. The fourth-order valence-electron chi connectivity index (χ4n) is 2.85. The highest BCUT2D eigenvalue weighted by Gasteiger charge is 2.38. The Morgan fingerprint density at radius 1 is 1.17 bits per heavy atom. The summed E-state index contributed by atoms with van der Waals surface area (Å²) in [6, 6.07) is 7.88. The third-order valence-electron chi connectivity index (χ3n) is 4.38. The fourth-order valence-corrected chi connectivity index (χ4v) is 2.85. The van der Waals surface area contributed by atoms with Gasteiger partial charge in [0.1, 0.15) is 5.69 Å². The van der Waals surface area contributed by atoms with Crippen LogP contribution in [0.15, 0.2) is 48.8 Å². The van der Waals surface area contributed by atoms with Crippen molar-refractivity contribution in [2.75, 3.05) is 5.32 Å². The summed E-state index contributed by atoms with van der Waals surface area (Å²) < 4.78 is 54.7. The van der Waals surface area contributed by atoms with Crippen molar-refractivity contribution in [2.45, 2.75) is 24.9 Å². The van der Waals surface area contributed by atoms with Crippen LogP contribution in [-0.4, -0.2) is 20.7 Å². The molecule has 0 spiro atoms. The van der Waals surface area contributed by atoms with Crippen molar-refractivity contribution in [3.05, 3.63) is 71.6 Å². The van der Waals surface area contributed by atoms with E-state index < -0.39 is 23.6 Å². The van der Waals surface area contributed by atoms with E-state index in [1.54, 1.807) is 12.1 Å². The molecule has 0 unspecified atom stereocenters. The molecule has 2 heterocycles. The zero-order valence-corrected chi connectivity index (χ0v) is 15.6. The summed E-state index contributed by atoms with van der Waals surface area (Å²) in [5.41, 5.74) is -0.353. The van der Waals surface area contributed by atoms with Crippen LogP contribution in [0.1, 0.15) is 40.5 Å². The van der Waals surface area contributed by atoms with Gasteiger partial charge in [-0.3, -0.25) is 9.78 Å². The zero-order valence-electron chi connectivity index (χ0n) is 14.8. The molecule has 5 nitrogen and oxygen atoms in total. The summed E-state index contributed by atoms with van der Waals surface area (Å²) >= 11 is 0. The van der Waals surface area contributed by atoms with Crippen molar-refractivity contribution in [3.63, 3.8) is 0 Å². The minimum atomic E-state index is -4.61. The Morgan fingerprint density at radius 3 is 2.52 bits per heavy atom. The first kappa shape index (κ1) is 20.8. The minimum Gasteiger partial charge on any atom is -0.322 e. The van der Waals surface area contributed by atoms with Crippen LogP contribution >= 0.6 is 12.4 Å². The van der Waals surface area contributed by atoms with Crippen molar-refractivity contribution in [1.82, 2.24) is 14.8 Å². The summed E-state index contributed by atoms with van der Waals surface area (Å²) in [6.07, 6.45) is -0.247. The molecule has 0 bridgehead atoms. The molecule has 3 aromatic rings. The first-order valence-corrected chi connectivity index (χ1v) is 8.51. The predicted octanol–water partition coefficient (Wildman–Crippen LogP) is 4.98. The topological polar surface area (TPSA) is 59.8 Å². The van der Waals surface area contributed by atoms with Crippen molar-refractivity contribution in [3.8, 4) is 5.69 Å². The second kappa shape index (κ2) is 7.82. The summed E-state index contributed by atoms with van der Waals surface area (Å²) in [7, 11) is 0. The molecule has 1 saturated carbocycles. The van der Waals surface area contributed by atoms with Gasteiger partial charge in [0, 0.05) is 29.7 Å². The molecule has 29 heavy (non-hydrogen) atoms.